The number of rotatable bonds is 4. The number of benzene rings is 2. The van der Waals surface area contributed by atoms with Crippen molar-refractivity contribution >= 4 is 23.0 Å². The Kier molecular flexibility index (Phi) is 4.71. The van der Waals surface area contributed by atoms with Crippen molar-refractivity contribution in [3.05, 3.63) is 72.1 Å². The smallest absolute Gasteiger partial charge is 0.340 e. The van der Waals surface area contributed by atoms with Gasteiger partial charge in [0.1, 0.15) is 18.0 Å². The van der Waals surface area contributed by atoms with Gasteiger partial charge in [0, 0.05) is 17.4 Å². The predicted octanol–water partition coefficient (Wildman–Crippen LogP) is 4.85. The minimum atomic E-state index is -4.37. The van der Waals surface area contributed by atoms with Crippen LogP contribution in [0.3, 0.4) is 0 Å². The van der Waals surface area contributed by atoms with Crippen LogP contribution in [0, 0.1) is 11.3 Å². The van der Waals surface area contributed by atoms with Gasteiger partial charge in [0.25, 0.3) is 0 Å². The maximum atomic E-state index is 12.6. The van der Waals surface area contributed by atoms with E-state index in [4.69, 9.17) is 5.26 Å². The molecule has 0 fully saturated rings. The van der Waals surface area contributed by atoms with Gasteiger partial charge in [0.05, 0.1) is 17.2 Å². The summed E-state index contributed by atoms with van der Waals surface area (Å²) in [5, 5.41) is 14.8. The number of hydrogen-bond acceptors (Lipinski definition) is 5. The second kappa shape index (κ2) is 7.11. The van der Waals surface area contributed by atoms with Crippen LogP contribution < -0.4 is 10.6 Å². The molecule has 0 saturated heterocycles. The largest absolute Gasteiger partial charge is 0.416 e. The van der Waals surface area contributed by atoms with Crippen LogP contribution in [0.25, 0.3) is 0 Å². The van der Waals surface area contributed by atoms with Gasteiger partial charge in [-0.25, -0.2) is 9.97 Å². The van der Waals surface area contributed by atoms with Gasteiger partial charge in [-0.15, -0.1) is 0 Å². The molecule has 0 aliphatic rings. The molecule has 0 radical (unpaired) electrons. The zero-order valence-electron chi connectivity index (χ0n) is 13.2. The van der Waals surface area contributed by atoms with Crippen molar-refractivity contribution in [3.63, 3.8) is 0 Å². The van der Waals surface area contributed by atoms with Crippen molar-refractivity contribution in [2.75, 3.05) is 10.6 Å². The van der Waals surface area contributed by atoms with Crippen LogP contribution in [0.4, 0.5) is 36.2 Å². The minimum Gasteiger partial charge on any atom is -0.340 e. The van der Waals surface area contributed by atoms with E-state index in [-0.39, 0.29) is 0 Å². The Morgan fingerprint density at radius 2 is 1.31 bits per heavy atom. The summed E-state index contributed by atoms with van der Waals surface area (Å²) in [4.78, 5) is 8.14. The fraction of sp³-hybridized carbons (Fsp3) is 0.0556. The maximum Gasteiger partial charge on any atom is 0.416 e. The molecule has 0 unspecified atom stereocenters. The summed E-state index contributed by atoms with van der Waals surface area (Å²) in [6.07, 6.45) is -3.04. The van der Waals surface area contributed by atoms with Crippen LogP contribution in [0.5, 0.6) is 0 Å². The normalized spacial score (nSPS) is 10.8. The molecule has 5 nitrogen and oxygen atoms in total. The van der Waals surface area contributed by atoms with Crippen LogP contribution in [-0.4, -0.2) is 9.97 Å². The van der Waals surface area contributed by atoms with Crippen LogP contribution in [0.2, 0.25) is 0 Å². The average Bonchev–Trinajstić information content (AvgIpc) is 2.62. The van der Waals surface area contributed by atoms with Crippen LogP contribution in [0.15, 0.2) is 60.9 Å². The Balaban J connectivity index is 1.71. The molecule has 0 bridgehead atoms. The van der Waals surface area contributed by atoms with Gasteiger partial charge in [-0.05, 0) is 48.5 Å². The van der Waals surface area contributed by atoms with E-state index < -0.39 is 11.7 Å². The molecule has 0 aliphatic heterocycles. The maximum absolute atomic E-state index is 12.6. The molecular formula is C18H12F3N5. The van der Waals surface area contributed by atoms with E-state index in [0.29, 0.717) is 22.9 Å². The first kappa shape index (κ1) is 17.2. The summed E-state index contributed by atoms with van der Waals surface area (Å²) >= 11 is 0. The molecule has 130 valence electrons. The predicted molar refractivity (Wildman–Crippen MR) is 91.2 cm³/mol. The highest BCUT2D eigenvalue weighted by atomic mass is 19.4. The standard InChI is InChI=1S/C18H12F3N5/c19-18(20,21)13-3-7-15(8-4-13)26-17-9-16(23-11-24-17)25-14-5-1-12(10-22)2-6-14/h1-9,11H,(H2,23,24,25,26). The molecule has 1 heterocycles. The van der Waals surface area contributed by atoms with Crippen molar-refractivity contribution in [1.82, 2.24) is 9.97 Å². The van der Waals surface area contributed by atoms with Crippen molar-refractivity contribution in [1.29, 1.82) is 5.26 Å². The average molecular weight is 355 g/mol. The molecule has 1 aromatic heterocycles. The van der Waals surface area contributed by atoms with E-state index >= 15 is 0 Å². The van der Waals surface area contributed by atoms with E-state index in [1.54, 1.807) is 30.3 Å². The quantitative estimate of drug-likeness (QED) is 0.699. The summed E-state index contributed by atoms with van der Waals surface area (Å²) in [6.45, 7) is 0. The number of alkyl halides is 3. The van der Waals surface area contributed by atoms with Crippen LogP contribution in [-0.2, 0) is 6.18 Å². The zero-order valence-corrected chi connectivity index (χ0v) is 13.2. The SMILES string of the molecule is N#Cc1ccc(Nc2cc(Nc3ccc(C(F)(F)F)cc3)ncn2)cc1. The summed E-state index contributed by atoms with van der Waals surface area (Å²) in [5.41, 5.74) is 1.04. The van der Waals surface area contributed by atoms with E-state index in [9.17, 15) is 13.2 Å². The lowest BCUT2D eigenvalue weighted by molar-refractivity contribution is -0.137. The fourth-order valence-corrected chi connectivity index (χ4v) is 2.16. The number of nitriles is 1. The van der Waals surface area contributed by atoms with E-state index in [1.807, 2.05) is 6.07 Å². The second-order valence-corrected chi connectivity index (χ2v) is 5.30. The van der Waals surface area contributed by atoms with E-state index in [1.165, 1.54) is 18.5 Å². The molecule has 0 atom stereocenters. The fourth-order valence-electron chi connectivity index (χ4n) is 2.16. The summed E-state index contributed by atoms with van der Waals surface area (Å²) in [5.74, 6) is 0.926. The van der Waals surface area contributed by atoms with Gasteiger partial charge in [-0.3, -0.25) is 0 Å². The molecule has 0 spiro atoms. The highest BCUT2D eigenvalue weighted by Crippen LogP contribution is 2.30. The monoisotopic (exact) mass is 355 g/mol. The zero-order chi connectivity index (χ0) is 18.6. The van der Waals surface area contributed by atoms with E-state index in [0.717, 1.165) is 17.8 Å². The van der Waals surface area contributed by atoms with E-state index in [2.05, 4.69) is 20.6 Å². The summed E-state index contributed by atoms with van der Waals surface area (Å²) in [7, 11) is 0. The number of aromatic nitrogens is 2. The molecule has 2 aromatic carbocycles. The second-order valence-electron chi connectivity index (χ2n) is 5.30. The van der Waals surface area contributed by atoms with Gasteiger partial charge in [-0.1, -0.05) is 0 Å². The highest BCUT2D eigenvalue weighted by Gasteiger charge is 2.29. The third-order valence-electron chi connectivity index (χ3n) is 3.44. The lowest BCUT2D eigenvalue weighted by atomic mass is 10.2. The number of anilines is 4. The van der Waals surface area contributed by atoms with Crippen molar-refractivity contribution in [3.8, 4) is 6.07 Å². The van der Waals surface area contributed by atoms with Crippen molar-refractivity contribution in [2.45, 2.75) is 6.18 Å². The summed E-state index contributed by atoms with van der Waals surface area (Å²) < 4.78 is 37.8. The Hall–Kier alpha value is -3.60. The molecule has 3 aromatic rings. The molecule has 0 aliphatic carbocycles. The third kappa shape index (κ3) is 4.27. The van der Waals surface area contributed by atoms with Crippen molar-refractivity contribution < 1.29 is 13.2 Å². The van der Waals surface area contributed by atoms with Gasteiger partial charge in [-0.2, -0.15) is 18.4 Å². The van der Waals surface area contributed by atoms with Gasteiger partial charge in [0.2, 0.25) is 0 Å². The Morgan fingerprint density at radius 3 is 1.77 bits per heavy atom. The first-order valence-corrected chi connectivity index (χ1v) is 7.47. The molecule has 26 heavy (non-hydrogen) atoms. The van der Waals surface area contributed by atoms with Crippen LogP contribution >= 0.6 is 0 Å². The lowest BCUT2D eigenvalue weighted by Gasteiger charge is -2.10. The molecule has 0 amide bonds. The first-order chi connectivity index (χ1) is 12.4. The topological polar surface area (TPSA) is 73.6 Å². The Labute approximate surface area is 147 Å². The lowest BCUT2D eigenvalue weighted by Crippen LogP contribution is -2.04. The molecule has 2 N–H and O–H groups in total. The number of nitrogens with zero attached hydrogens (tertiary/aromatic N) is 3. The van der Waals surface area contributed by atoms with Gasteiger partial charge in [0.15, 0.2) is 0 Å². The molecule has 3 rings (SSSR count). The number of halogens is 3. The number of nitrogens with one attached hydrogen (secondary N) is 2. The third-order valence-corrected chi connectivity index (χ3v) is 3.44. The first-order valence-electron chi connectivity index (χ1n) is 7.47. The molecule has 8 heteroatoms. The van der Waals surface area contributed by atoms with Crippen molar-refractivity contribution in [2.24, 2.45) is 0 Å². The number of hydrogen-bond donors (Lipinski definition) is 2. The Bertz CT molecular complexity index is 929. The van der Waals surface area contributed by atoms with Crippen LogP contribution in [0.1, 0.15) is 11.1 Å². The highest BCUT2D eigenvalue weighted by molar-refractivity contribution is 5.63. The van der Waals surface area contributed by atoms with Gasteiger partial charge < -0.3 is 10.6 Å². The molecular weight excluding hydrogens is 343 g/mol. The summed E-state index contributed by atoms with van der Waals surface area (Å²) in [6, 6.07) is 15.1. The Morgan fingerprint density at radius 1 is 0.808 bits per heavy atom. The molecule has 0 saturated carbocycles. The van der Waals surface area contributed by atoms with Gasteiger partial charge >= 0.3 is 6.18 Å². The minimum absolute atomic E-state index is 0.427.